The number of aryl methyl sites for hydroxylation is 2. The van der Waals surface area contributed by atoms with E-state index in [1.54, 1.807) is 0 Å². The molecular weight excluding hydrogens is 160 g/mol. The Labute approximate surface area is 79.7 Å². The quantitative estimate of drug-likeness (QED) is 0.590. The van der Waals surface area contributed by atoms with Crippen LogP contribution in [0.15, 0.2) is 6.07 Å². The largest absolute Gasteiger partial charge is 0.493 e. The lowest BCUT2D eigenvalue weighted by atomic mass is 9.95. The zero-order chi connectivity index (χ0) is 9.42. The van der Waals surface area contributed by atoms with Gasteiger partial charge in [-0.25, -0.2) is 0 Å². The Morgan fingerprint density at radius 3 is 2.69 bits per heavy atom. The Kier molecular flexibility index (Phi) is 2.03. The van der Waals surface area contributed by atoms with Crippen molar-refractivity contribution in [3.63, 3.8) is 0 Å². The normalized spacial score (nSPS) is 15.0. The maximum absolute atomic E-state index is 5.72. The van der Waals surface area contributed by atoms with Gasteiger partial charge in [0.2, 0.25) is 0 Å². The molecule has 0 aromatic heterocycles. The summed E-state index contributed by atoms with van der Waals surface area (Å²) in [7, 11) is 0. The van der Waals surface area contributed by atoms with E-state index in [4.69, 9.17) is 4.74 Å². The van der Waals surface area contributed by atoms with E-state index in [1.165, 1.54) is 28.7 Å². The van der Waals surface area contributed by atoms with Crippen LogP contribution in [0.3, 0.4) is 0 Å². The van der Waals surface area contributed by atoms with Crippen LogP contribution in [0.25, 0.3) is 0 Å². The van der Waals surface area contributed by atoms with Crippen molar-refractivity contribution in [2.24, 2.45) is 0 Å². The molecule has 0 radical (unpaired) electrons. The maximum Gasteiger partial charge on any atom is 0.125 e. The summed E-state index contributed by atoms with van der Waals surface area (Å²) < 4.78 is 5.72. The van der Waals surface area contributed by atoms with Crippen molar-refractivity contribution in [1.82, 2.24) is 0 Å². The average Bonchev–Trinajstić information content (AvgIpc) is 2.15. The van der Waals surface area contributed by atoms with Gasteiger partial charge in [-0.05, 0) is 55.9 Å². The van der Waals surface area contributed by atoms with Crippen LogP contribution in [-0.4, -0.2) is 6.61 Å². The molecule has 1 aliphatic rings. The maximum atomic E-state index is 5.72. The van der Waals surface area contributed by atoms with Crippen LogP contribution in [0.5, 0.6) is 5.75 Å². The molecule has 0 amide bonds. The fourth-order valence-corrected chi connectivity index (χ4v) is 2.03. The Hall–Kier alpha value is -0.980. The summed E-state index contributed by atoms with van der Waals surface area (Å²) in [6.07, 6.45) is 2.35. The van der Waals surface area contributed by atoms with E-state index in [2.05, 4.69) is 26.8 Å². The lowest BCUT2D eigenvalue weighted by Gasteiger charge is -2.22. The third-order valence-electron chi connectivity index (χ3n) is 2.93. The number of rotatable bonds is 0. The number of hydrogen-bond acceptors (Lipinski definition) is 1. The Morgan fingerprint density at radius 2 is 1.92 bits per heavy atom. The van der Waals surface area contributed by atoms with Gasteiger partial charge < -0.3 is 4.74 Å². The van der Waals surface area contributed by atoms with Gasteiger partial charge in [0, 0.05) is 0 Å². The molecule has 1 heterocycles. The molecule has 13 heavy (non-hydrogen) atoms. The van der Waals surface area contributed by atoms with Crippen LogP contribution in [0.1, 0.15) is 28.7 Å². The lowest BCUT2D eigenvalue weighted by Crippen LogP contribution is -2.11. The molecule has 1 aromatic carbocycles. The Balaban J connectivity index is 2.63. The Bertz CT molecular complexity index is 339. The van der Waals surface area contributed by atoms with Crippen LogP contribution in [0.4, 0.5) is 0 Å². The molecule has 0 saturated carbocycles. The summed E-state index contributed by atoms with van der Waals surface area (Å²) in [5.41, 5.74) is 5.48. The van der Waals surface area contributed by atoms with Gasteiger partial charge in [-0.2, -0.15) is 0 Å². The first-order valence-corrected chi connectivity index (χ1v) is 4.92. The highest BCUT2D eigenvalue weighted by Gasteiger charge is 2.16. The van der Waals surface area contributed by atoms with Crippen LogP contribution in [-0.2, 0) is 6.42 Å². The molecule has 1 nitrogen and oxygen atoms in total. The van der Waals surface area contributed by atoms with E-state index < -0.39 is 0 Å². The highest BCUT2D eigenvalue weighted by molar-refractivity contribution is 5.50. The van der Waals surface area contributed by atoms with Gasteiger partial charge in [-0.15, -0.1) is 0 Å². The molecule has 0 aliphatic carbocycles. The van der Waals surface area contributed by atoms with Crippen LogP contribution in [0.2, 0.25) is 0 Å². The third kappa shape index (κ3) is 1.32. The first-order valence-electron chi connectivity index (χ1n) is 4.92. The average molecular weight is 176 g/mol. The molecule has 1 heteroatoms. The highest BCUT2D eigenvalue weighted by Crippen LogP contribution is 2.33. The van der Waals surface area contributed by atoms with E-state index in [9.17, 15) is 0 Å². The first-order chi connectivity index (χ1) is 6.20. The van der Waals surface area contributed by atoms with Crippen LogP contribution >= 0.6 is 0 Å². The number of ether oxygens (including phenoxy) is 1. The summed E-state index contributed by atoms with van der Waals surface area (Å²) >= 11 is 0. The highest BCUT2D eigenvalue weighted by atomic mass is 16.5. The van der Waals surface area contributed by atoms with Gasteiger partial charge >= 0.3 is 0 Å². The zero-order valence-corrected chi connectivity index (χ0v) is 8.61. The van der Waals surface area contributed by atoms with Crippen LogP contribution < -0.4 is 4.74 Å². The second-order valence-corrected chi connectivity index (χ2v) is 3.90. The minimum Gasteiger partial charge on any atom is -0.493 e. The lowest BCUT2D eigenvalue weighted by molar-refractivity contribution is 0.285. The van der Waals surface area contributed by atoms with E-state index in [-0.39, 0.29) is 0 Å². The van der Waals surface area contributed by atoms with E-state index in [0.29, 0.717) is 0 Å². The van der Waals surface area contributed by atoms with Crippen molar-refractivity contribution in [2.75, 3.05) is 6.61 Å². The van der Waals surface area contributed by atoms with Gasteiger partial charge in [-0.1, -0.05) is 6.07 Å². The SMILES string of the molecule is Cc1cc(C)c2c(c1C)OCCC2. The number of benzene rings is 1. The molecule has 1 aliphatic heterocycles. The molecule has 0 atom stereocenters. The number of hydrogen-bond donors (Lipinski definition) is 0. The van der Waals surface area contributed by atoms with Crippen molar-refractivity contribution < 1.29 is 4.74 Å². The Morgan fingerprint density at radius 1 is 1.15 bits per heavy atom. The molecule has 0 bridgehead atoms. The molecule has 0 N–H and O–H groups in total. The van der Waals surface area contributed by atoms with E-state index in [1.807, 2.05) is 0 Å². The first kappa shape index (κ1) is 8.61. The predicted molar refractivity (Wildman–Crippen MR) is 54.5 cm³/mol. The molecule has 0 unspecified atom stereocenters. The standard InChI is InChI=1S/C12H16O/c1-8-7-9(2)11-5-4-6-13-12(11)10(8)3/h7H,4-6H2,1-3H3. The van der Waals surface area contributed by atoms with Gasteiger partial charge in [0.1, 0.15) is 5.75 Å². The van der Waals surface area contributed by atoms with E-state index >= 15 is 0 Å². The second-order valence-electron chi connectivity index (χ2n) is 3.90. The molecule has 0 fully saturated rings. The fourth-order valence-electron chi connectivity index (χ4n) is 2.03. The van der Waals surface area contributed by atoms with Gasteiger partial charge in [-0.3, -0.25) is 0 Å². The minimum absolute atomic E-state index is 0.886. The van der Waals surface area contributed by atoms with Crippen molar-refractivity contribution in [3.8, 4) is 5.75 Å². The topological polar surface area (TPSA) is 9.23 Å². The molecule has 0 saturated heterocycles. The van der Waals surface area contributed by atoms with E-state index in [0.717, 1.165) is 18.8 Å². The van der Waals surface area contributed by atoms with Crippen molar-refractivity contribution in [3.05, 3.63) is 28.3 Å². The van der Waals surface area contributed by atoms with Crippen molar-refractivity contribution >= 4 is 0 Å². The summed E-state index contributed by atoms with van der Waals surface area (Å²) in [5.74, 6) is 1.16. The number of fused-ring (bicyclic) bond motifs is 1. The summed E-state index contributed by atoms with van der Waals surface area (Å²) in [5, 5.41) is 0. The van der Waals surface area contributed by atoms with Gasteiger partial charge in [0.05, 0.1) is 6.61 Å². The molecule has 0 spiro atoms. The van der Waals surface area contributed by atoms with Gasteiger partial charge in [0.25, 0.3) is 0 Å². The summed E-state index contributed by atoms with van der Waals surface area (Å²) in [6.45, 7) is 7.37. The smallest absolute Gasteiger partial charge is 0.125 e. The third-order valence-corrected chi connectivity index (χ3v) is 2.93. The zero-order valence-electron chi connectivity index (χ0n) is 8.61. The van der Waals surface area contributed by atoms with Gasteiger partial charge in [0.15, 0.2) is 0 Å². The minimum atomic E-state index is 0.886. The van der Waals surface area contributed by atoms with Crippen LogP contribution in [0, 0.1) is 20.8 Å². The molecular formula is C12H16O. The molecule has 2 rings (SSSR count). The summed E-state index contributed by atoms with van der Waals surface area (Å²) in [4.78, 5) is 0. The summed E-state index contributed by atoms with van der Waals surface area (Å²) in [6, 6.07) is 2.27. The van der Waals surface area contributed by atoms with Crippen molar-refractivity contribution in [2.45, 2.75) is 33.6 Å². The predicted octanol–water partition coefficient (Wildman–Crippen LogP) is 2.94. The fraction of sp³-hybridized carbons (Fsp3) is 0.500. The molecule has 70 valence electrons. The second kappa shape index (κ2) is 3.06. The molecule has 1 aromatic rings. The van der Waals surface area contributed by atoms with Crippen molar-refractivity contribution in [1.29, 1.82) is 0 Å². The monoisotopic (exact) mass is 176 g/mol.